The summed E-state index contributed by atoms with van der Waals surface area (Å²) in [6, 6.07) is 0. The van der Waals surface area contributed by atoms with Crippen molar-refractivity contribution in [3.8, 4) is 5.75 Å². The van der Waals surface area contributed by atoms with E-state index in [0.29, 0.717) is 5.82 Å². The molecule has 1 aromatic rings. The number of fused-ring (bicyclic) bond motifs is 1. The Bertz CT molecular complexity index is 428. The molecule has 2 heterocycles. The van der Waals surface area contributed by atoms with Crippen molar-refractivity contribution in [2.24, 2.45) is 5.92 Å². The van der Waals surface area contributed by atoms with Crippen molar-refractivity contribution >= 4 is 11.8 Å². The number of esters is 1. The van der Waals surface area contributed by atoms with Crippen molar-refractivity contribution in [1.29, 1.82) is 0 Å². The minimum Gasteiger partial charge on any atom is -0.422 e. The molecule has 0 spiro atoms. The Balaban J connectivity index is 2.57. The Morgan fingerprint density at radius 3 is 2.86 bits per heavy atom. The van der Waals surface area contributed by atoms with E-state index in [4.69, 9.17) is 4.74 Å². The van der Waals surface area contributed by atoms with Crippen LogP contribution < -0.4 is 4.74 Å². The van der Waals surface area contributed by atoms with E-state index in [-0.39, 0.29) is 17.2 Å². The fraction of sp³-hybridized carbons (Fsp3) is 0.333. The molecule has 1 unspecified atom stereocenters. The third-order valence-electron chi connectivity index (χ3n) is 2.07. The molecule has 1 aliphatic heterocycles. The summed E-state index contributed by atoms with van der Waals surface area (Å²) in [5, 5.41) is 0. The van der Waals surface area contributed by atoms with Crippen LogP contribution in [0, 0.1) is 12.8 Å². The lowest BCUT2D eigenvalue weighted by Crippen LogP contribution is -2.32. The maximum absolute atomic E-state index is 11.6. The molecule has 5 nitrogen and oxygen atoms in total. The number of carbonyl (C=O) groups excluding carboxylic acids is 2. The van der Waals surface area contributed by atoms with Crippen LogP contribution in [0.5, 0.6) is 5.75 Å². The van der Waals surface area contributed by atoms with Crippen LogP contribution >= 0.6 is 0 Å². The molecule has 0 aromatic carbocycles. The highest BCUT2D eigenvalue weighted by molar-refractivity contribution is 6.11. The number of carbonyl (C=O) groups is 2. The van der Waals surface area contributed by atoms with Crippen LogP contribution in [0.25, 0.3) is 0 Å². The molecular formula is C9H8N2O3. The van der Waals surface area contributed by atoms with Crippen LogP contribution in [0.4, 0.5) is 0 Å². The second-order valence-corrected chi connectivity index (χ2v) is 3.14. The standard InChI is InChI=1S/C9H8N2O3/c1-4-8(12)7-6(14-9(4)13)3-10-5(2)11-7/h3-4H,1-2H3. The summed E-state index contributed by atoms with van der Waals surface area (Å²) in [6.45, 7) is 3.18. The van der Waals surface area contributed by atoms with Crippen LogP contribution in [0.15, 0.2) is 6.20 Å². The first-order valence-electron chi connectivity index (χ1n) is 4.19. The summed E-state index contributed by atoms with van der Waals surface area (Å²) in [6.07, 6.45) is 1.35. The van der Waals surface area contributed by atoms with Crippen LogP contribution in [-0.2, 0) is 4.79 Å². The minimum absolute atomic E-state index is 0.156. The van der Waals surface area contributed by atoms with Gasteiger partial charge in [-0.15, -0.1) is 0 Å². The fourth-order valence-electron chi connectivity index (χ4n) is 1.22. The molecule has 0 fully saturated rings. The average Bonchev–Trinajstić information content (AvgIpc) is 2.16. The first-order chi connectivity index (χ1) is 6.59. The van der Waals surface area contributed by atoms with Gasteiger partial charge in [0.25, 0.3) is 0 Å². The lowest BCUT2D eigenvalue weighted by atomic mass is 10.0. The Labute approximate surface area is 80.1 Å². The van der Waals surface area contributed by atoms with Gasteiger partial charge in [-0.3, -0.25) is 9.59 Å². The van der Waals surface area contributed by atoms with Gasteiger partial charge >= 0.3 is 5.97 Å². The molecule has 5 heteroatoms. The molecule has 0 aliphatic carbocycles. The summed E-state index contributed by atoms with van der Waals surface area (Å²) >= 11 is 0. The van der Waals surface area contributed by atoms with Crippen LogP contribution in [0.2, 0.25) is 0 Å². The van der Waals surface area contributed by atoms with Gasteiger partial charge < -0.3 is 4.74 Å². The van der Waals surface area contributed by atoms with Gasteiger partial charge in [0.15, 0.2) is 17.2 Å². The van der Waals surface area contributed by atoms with E-state index in [9.17, 15) is 9.59 Å². The van der Waals surface area contributed by atoms with Gasteiger partial charge in [0.2, 0.25) is 0 Å². The second kappa shape index (κ2) is 2.87. The normalized spacial score (nSPS) is 20.3. The molecule has 0 saturated carbocycles. The summed E-state index contributed by atoms with van der Waals surface area (Å²) in [5.74, 6) is -0.973. The van der Waals surface area contributed by atoms with Crippen LogP contribution in [0.3, 0.4) is 0 Å². The Hall–Kier alpha value is -1.78. The third kappa shape index (κ3) is 1.17. The zero-order chi connectivity index (χ0) is 10.3. The first kappa shape index (κ1) is 8.80. The molecule has 1 atom stereocenters. The van der Waals surface area contributed by atoms with Gasteiger partial charge in [-0.05, 0) is 13.8 Å². The number of ether oxygens (including phenoxy) is 1. The van der Waals surface area contributed by atoms with Crippen molar-refractivity contribution in [3.63, 3.8) is 0 Å². The predicted octanol–water partition coefficient (Wildman–Crippen LogP) is 0.523. The Morgan fingerprint density at radius 2 is 2.14 bits per heavy atom. The smallest absolute Gasteiger partial charge is 0.322 e. The summed E-state index contributed by atoms with van der Waals surface area (Å²) in [4.78, 5) is 30.5. The van der Waals surface area contributed by atoms with E-state index in [2.05, 4.69) is 9.97 Å². The second-order valence-electron chi connectivity index (χ2n) is 3.14. The topological polar surface area (TPSA) is 69.2 Å². The Morgan fingerprint density at radius 1 is 1.43 bits per heavy atom. The highest BCUT2D eigenvalue weighted by Gasteiger charge is 2.34. The molecule has 14 heavy (non-hydrogen) atoms. The van der Waals surface area contributed by atoms with Crippen molar-refractivity contribution in [1.82, 2.24) is 9.97 Å². The largest absolute Gasteiger partial charge is 0.422 e. The zero-order valence-corrected chi connectivity index (χ0v) is 7.77. The Kier molecular flexibility index (Phi) is 1.80. The van der Waals surface area contributed by atoms with E-state index >= 15 is 0 Å². The van der Waals surface area contributed by atoms with Crippen LogP contribution in [0.1, 0.15) is 23.2 Å². The number of aromatic nitrogens is 2. The molecule has 0 N–H and O–H groups in total. The van der Waals surface area contributed by atoms with Crippen molar-refractivity contribution in [3.05, 3.63) is 17.7 Å². The van der Waals surface area contributed by atoms with Crippen molar-refractivity contribution in [2.45, 2.75) is 13.8 Å². The van der Waals surface area contributed by atoms with Gasteiger partial charge in [0.05, 0.1) is 6.20 Å². The van der Waals surface area contributed by atoms with Gasteiger partial charge in [-0.2, -0.15) is 0 Å². The highest BCUT2D eigenvalue weighted by atomic mass is 16.5. The van der Waals surface area contributed by atoms with Crippen molar-refractivity contribution in [2.75, 3.05) is 0 Å². The molecule has 1 aromatic heterocycles. The van der Waals surface area contributed by atoms with Gasteiger partial charge in [-0.1, -0.05) is 0 Å². The van der Waals surface area contributed by atoms with Gasteiger partial charge in [0, 0.05) is 0 Å². The molecule has 0 bridgehead atoms. The SMILES string of the molecule is Cc1ncc2c(n1)C(=O)C(C)C(=O)O2. The van der Waals surface area contributed by atoms with E-state index < -0.39 is 11.9 Å². The molecule has 0 saturated heterocycles. The minimum atomic E-state index is -0.767. The fourth-order valence-corrected chi connectivity index (χ4v) is 1.22. The number of rotatable bonds is 0. The number of nitrogens with zero attached hydrogens (tertiary/aromatic N) is 2. The summed E-state index contributed by atoms with van der Waals surface area (Å²) in [5.41, 5.74) is 0.199. The number of hydrogen-bond donors (Lipinski definition) is 0. The number of Topliss-reactive ketones (excluding diaryl/α,β-unsaturated/α-hetero) is 1. The maximum atomic E-state index is 11.6. The van der Waals surface area contributed by atoms with Gasteiger partial charge in [0.1, 0.15) is 11.7 Å². The number of ketones is 1. The molecule has 1 aliphatic rings. The molecule has 0 radical (unpaired) electrons. The van der Waals surface area contributed by atoms with E-state index in [1.165, 1.54) is 13.1 Å². The molecule has 0 amide bonds. The third-order valence-corrected chi connectivity index (χ3v) is 2.07. The summed E-state index contributed by atoms with van der Waals surface area (Å²) < 4.78 is 4.88. The molecular weight excluding hydrogens is 184 g/mol. The zero-order valence-electron chi connectivity index (χ0n) is 7.77. The lowest BCUT2D eigenvalue weighted by molar-refractivity contribution is -0.137. The monoisotopic (exact) mass is 192 g/mol. The van der Waals surface area contributed by atoms with E-state index in [1.54, 1.807) is 6.92 Å². The predicted molar refractivity (Wildman–Crippen MR) is 45.9 cm³/mol. The van der Waals surface area contributed by atoms with Crippen molar-refractivity contribution < 1.29 is 14.3 Å². The maximum Gasteiger partial charge on any atom is 0.322 e. The summed E-state index contributed by atoms with van der Waals surface area (Å²) in [7, 11) is 0. The number of aryl methyl sites for hydroxylation is 1. The van der Waals surface area contributed by atoms with E-state index in [1.807, 2.05) is 0 Å². The first-order valence-corrected chi connectivity index (χ1v) is 4.19. The molecule has 72 valence electrons. The van der Waals surface area contributed by atoms with Crippen LogP contribution in [-0.4, -0.2) is 21.7 Å². The quantitative estimate of drug-likeness (QED) is 0.442. The highest BCUT2D eigenvalue weighted by Crippen LogP contribution is 2.25. The number of hydrogen-bond acceptors (Lipinski definition) is 5. The average molecular weight is 192 g/mol. The van der Waals surface area contributed by atoms with Gasteiger partial charge in [-0.25, -0.2) is 9.97 Å². The lowest BCUT2D eigenvalue weighted by Gasteiger charge is -2.17. The molecule has 2 rings (SSSR count). The van der Waals surface area contributed by atoms with E-state index in [0.717, 1.165) is 0 Å².